The molecule has 4 aliphatic heterocycles. The highest BCUT2D eigenvalue weighted by Gasteiger charge is 2.49. The van der Waals surface area contributed by atoms with Gasteiger partial charge in [-0.2, -0.15) is 9.97 Å². The van der Waals surface area contributed by atoms with E-state index in [1.54, 1.807) is 0 Å². The average molecular weight is 481 g/mol. The highest BCUT2D eigenvalue weighted by molar-refractivity contribution is 6.30. The lowest BCUT2D eigenvalue weighted by atomic mass is 9.95. The molecule has 3 atom stereocenters. The van der Waals surface area contributed by atoms with Gasteiger partial charge < -0.3 is 19.3 Å². The van der Waals surface area contributed by atoms with Gasteiger partial charge in [0, 0.05) is 39.7 Å². The fourth-order valence-corrected chi connectivity index (χ4v) is 6.12. The third kappa shape index (κ3) is 3.49. The lowest BCUT2D eigenvalue weighted by molar-refractivity contribution is 0.107. The fourth-order valence-electron chi connectivity index (χ4n) is 5.95. The maximum atomic E-state index is 15.2. The topological polar surface area (TPSA) is 66.8 Å². The number of hydrogen-bond donors (Lipinski definition) is 0. The smallest absolute Gasteiger partial charge is 0.319 e. The van der Waals surface area contributed by atoms with E-state index in [1.807, 2.05) is 11.9 Å². The summed E-state index contributed by atoms with van der Waals surface area (Å²) in [5, 5.41) is 0.298. The fraction of sp³-hybridized carbons (Fsp3) is 0.682. The molecule has 6 rings (SSSR count). The monoisotopic (exact) mass is 480 g/mol. The standard InChI is InChI=1S/C22H27ClF2N6O2/c1-29-10-14-11-32-7-3-6-31(14)20-15-17(16(25)18(23)27-19(15)29)26-21(28-20)33-12-22-4-2-5-30(22)9-13(24)8-22/h13-14H,2-12H2,1H3/t13-,14-,22+/m1/s1. The van der Waals surface area contributed by atoms with Gasteiger partial charge in [0.05, 0.1) is 23.6 Å². The molecule has 0 aromatic carbocycles. The van der Waals surface area contributed by atoms with E-state index in [-0.39, 0.29) is 34.9 Å². The number of ether oxygens (including phenoxy) is 2. The predicted molar refractivity (Wildman–Crippen MR) is 121 cm³/mol. The number of hydrogen-bond acceptors (Lipinski definition) is 8. The zero-order chi connectivity index (χ0) is 22.7. The molecule has 0 amide bonds. The second-order valence-corrected chi connectivity index (χ2v) is 9.97. The summed E-state index contributed by atoms with van der Waals surface area (Å²) in [6, 6.07) is 0.104. The van der Waals surface area contributed by atoms with Crippen molar-refractivity contribution in [3.8, 4) is 6.01 Å². The Labute approximate surface area is 195 Å². The van der Waals surface area contributed by atoms with Crippen molar-refractivity contribution in [2.75, 3.05) is 62.8 Å². The van der Waals surface area contributed by atoms with E-state index in [0.717, 1.165) is 32.4 Å². The zero-order valence-corrected chi connectivity index (χ0v) is 19.3. The summed E-state index contributed by atoms with van der Waals surface area (Å²) in [6.45, 7) is 4.13. The molecule has 11 heteroatoms. The molecular weight excluding hydrogens is 454 g/mol. The van der Waals surface area contributed by atoms with E-state index < -0.39 is 12.0 Å². The van der Waals surface area contributed by atoms with E-state index in [9.17, 15) is 4.39 Å². The number of pyridine rings is 1. The van der Waals surface area contributed by atoms with Crippen molar-refractivity contribution in [3.63, 3.8) is 0 Å². The number of likely N-dealkylation sites (N-methyl/N-ethyl adjacent to an activating group) is 1. The number of nitrogens with zero attached hydrogens (tertiary/aromatic N) is 6. The Hall–Kier alpha value is -2.04. The number of halogens is 3. The number of alkyl halides is 1. The van der Waals surface area contributed by atoms with Crippen LogP contribution in [-0.2, 0) is 4.74 Å². The van der Waals surface area contributed by atoms with Crippen LogP contribution in [0.25, 0.3) is 10.9 Å². The van der Waals surface area contributed by atoms with E-state index >= 15 is 4.39 Å². The number of aromatic nitrogens is 3. The second kappa shape index (κ2) is 8.02. The molecule has 2 aromatic rings. The summed E-state index contributed by atoms with van der Waals surface area (Å²) in [5.74, 6) is 0.443. The van der Waals surface area contributed by atoms with Crippen LogP contribution in [0.2, 0.25) is 5.15 Å². The second-order valence-electron chi connectivity index (χ2n) is 9.61. The minimum atomic E-state index is -0.852. The molecule has 0 radical (unpaired) electrons. The van der Waals surface area contributed by atoms with Crippen molar-refractivity contribution in [3.05, 3.63) is 11.0 Å². The first kappa shape index (κ1) is 21.5. The van der Waals surface area contributed by atoms with E-state index in [4.69, 9.17) is 26.1 Å². The Morgan fingerprint density at radius 2 is 2.06 bits per heavy atom. The summed E-state index contributed by atoms with van der Waals surface area (Å²) >= 11 is 6.17. The predicted octanol–water partition coefficient (Wildman–Crippen LogP) is 2.82. The van der Waals surface area contributed by atoms with Crippen LogP contribution < -0.4 is 14.5 Å². The maximum absolute atomic E-state index is 15.2. The van der Waals surface area contributed by atoms with Gasteiger partial charge in [-0.3, -0.25) is 4.90 Å². The molecule has 3 fully saturated rings. The average Bonchev–Trinajstić information content (AvgIpc) is 3.17. The third-order valence-corrected chi connectivity index (χ3v) is 7.72. The molecule has 3 saturated heterocycles. The van der Waals surface area contributed by atoms with Crippen molar-refractivity contribution in [1.82, 2.24) is 19.9 Å². The summed E-state index contributed by atoms with van der Waals surface area (Å²) in [7, 11) is 1.90. The third-order valence-electron chi connectivity index (χ3n) is 7.47. The Morgan fingerprint density at radius 1 is 1.18 bits per heavy atom. The molecule has 0 bridgehead atoms. The molecule has 178 valence electrons. The molecule has 0 spiro atoms. The van der Waals surface area contributed by atoms with Crippen molar-refractivity contribution >= 4 is 34.1 Å². The molecule has 6 heterocycles. The lowest BCUT2D eigenvalue weighted by Gasteiger charge is -2.31. The SMILES string of the molecule is CN1C[C@@H]2COCCCN2c2nc(OC[C@@]34CCCN3C[C@H](F)C4)nc3c(F)c(Cl)nc1c23. The zero-order valence-electron chi connectivity index (χ0n) is 18.6. The van der Waals surface area contributed by atoms with Gasteiger partial charge in [0.15, 0.2) is 11.0 Å². The van der Waals surface area contributed by atoms with Crippen molar-refractivity contribution < 1.29 is 18.3 Å². The van der Waals surface area contributed by atoms with Crippen LogP contribution in [-0.4, -0.2) is 90.7 Å². The molecule has 33 heavy (non-hydrogen) atoms. The highest BCUT2D eigenvalue weighted by atomic mass is 35.5. The summed E-state index contributed by atoms with van der Waals surface area (Å²) in [6.07, 6.45) is 2.31. The van der Waals surface area contributed by atoms with Gasteiger partial charge in [-0.25, -0.2) is 13.8 Å². The van der Waals surface area contributed by atoms with Crippen LogP contribution in [0.3, 0.4) is 0 Å². The van der Waals surface area contributed by atoms with Gasteiger partial charge in [-0.15, -0.1) is 0 Å². The van der Waals surface area contributed by atoms with E-state index in [1.165, 1.54) is 0 Å². The molecule has 0 N–H and O–H groups in total. The van der Waals surface area contributed by atoms with E-state index in [0.29, 0.717) is 49.7 Å². The molecule has 2 aromatic heterocycles. The Bertz CT molecular complexity index is 1090. The van der Waals surface area contributed by atoms with Crippen LogP contribution in [0.4, 0.5) is 20.4 Å². The highest BCUT2D eigenvalue weighted by Crippen LogP contribution is 2.42. The van der Waals surface area contributed by atoms with Crippen LogP contribution in [0.15, 0.2) is 0 Å². The molecule has 4 aliphatic rings. The Kier molecular flexibility index (Phi) is 5.23. The summed E-state index contributed by atoms with van der Waals surface area (Å²) in [5.41, 5.74) is -0.247. The first-order valence-electron chi connectivity index (χ1n) is 11.6. The van der Waals surface area contributed by atoms with Gasteiger partial charge in [0.25, 0.3) is 0 Å². The van der Waals surface area contributed by atoms with Crippen molar-refractivity contribution in [2.24, 2.45) is 0 Å². The van der Waals surface area contributed by atoms with Crippen molar-refractivity contribution in [2.45, 2.75) is 43.4 Å². The molecule has 0 aliphatic carbocycles. The minimum Gasteiger partial charge on any atom is -0.461 e. The molecule has 0 saturated carbocycles. The number of fused-ring (bicyclic) bond motifs is 3. The quantitative estimate of drug-likeness (QED) is 0.621. The maximum Gasteiger partial charge on any atom is 0.319 e. The summed E-state index contributed by atoms with van der Waals surface area (Å²) < 4.78 is 41.3. The Morgan fingerprint density at radius 3 is 2.94 bits per heavy atom. The van der Waals surface area contributed by atoms with Crippen LogP contribution in [0.1, 0.15) is 25.7 Å². The van der Waals surface area contributed by atoms with Crippen LogP contribution >= 0.6 is 11.6 Å². The minimum absolute atomic E-state index is 0.0190. The van der Waals surface area contributed by atoms with Gasteiger partial charge >= 0.3 is 6.01 Å². The first-order valence-corrected chi connectivity index (χ1v) is 12.0. The first-order chi connectivity index (χ1) is 15.9. The number of rotatable bonds is 3. The molecule has 8 nitrogen and oxygen atoms in total. The van der Waals surface area contributed by atoms with Gasteiger partial charge in [0.1, 0.15) is 29.9 Å². The largest absolute Gasteiger partial charge is 0.461 e. The molecule has 0 unspecified atom stereocenters. The van der Waals surface area contributed by atoms with Gasteiger partial charge in [-0.05, 0) is 25.8 Å². The van der Waals surface area contributed by atoms with Crippen molar-refractivity contribution in [1.29, 1.82) is 0 Å². The van der Waals surface area contributed by atoms with Crippen LogP contribution in [0, 0.1) is 5.82 Å². The normalized spacial score (nSPS) is 29.7. The van der Waals surface area contributed by atoms with E-state index in [2.05, 4.69) is 19.8 Å². The Balaban J connectivity index is 1.44. The van der Waals surface area contributed by atoms with Gasteiger partial charge in [-0.1, -0.05) is 11.6 Å². The summed E-state index contributed by atoms with van der Waals surface area (Å²) in [4.78, 5) is 19.8. The molecular formula is C22H27ClF2N6O2. The number of anilines is 2. The van der Waals surface area contributed by atoms with Gasteiger partial charge in [0.2, 0.25) is 0 Å². The lowest BCUT2D eigenvalue weighted by Crippen LogP contribution is -2.44. The van der Waals surface area contributed by atoms with Crippen LogP contribution in [0.5, 0.6) is 6.01 Å².